The van der Waals surface area contributed by atoms with Crippen LogP contribution in [-0.4, -0.2) is 39.6 Å². The zero-order chi connectivity index (χ0) is 18.6. The maximum Gasteiger partial charge on any atom is 0.123 e. The second-order valence-electron chi connectivity index (χ2n) is 8.00. The quantitative estimate of drug-likeness (QED) is 0.617. The third-order valence-electron chi connectivity index (χ3n) is 6.25. The van der Waals surface area contributed by atoms with Crippen LogP contribution < -0.4 is 9.47 Å². The average molecular weight is 363 g/mol. The molecule has 3 rings (SSSR count). The van der Waals surface area contributed by atoms with Crippen molar-refractivity contribution in [3.8, 4) is 11.5 Å². The van der Waals surface area contributed by atoms with Crippen LogP contribution >= 0.6 is 0 Å². The third kappa shape index (κ3) is 3.72. The minimum atomic E-state index is 0.199. The molecule has 1 aromatic rings. The second kappa shape index (κ2) is 8.18. The number of hydrogen-bond acceptors (Lipinski definition) is 4. The Balaban J connectivity index is 1.73. The molecule has 0 unspecified atom stereocenters. The maximum absolute atomic E-state index is 6.27. The SMILES string of the molecule is CCc1c(OCC2(CC)COC2)ccc(OCC2(CC)COC2)c1CC. The van der Waals surface area contributed by atoms with Crippen LogP contribution in [0.1, 0.15) is 51.7 Å². The lowest BCUT2D eigenvalue weighted by Gasteiger charge is -2.41. The summed E-state index contributed by atoms with van der Waals surface area (Å²) in [6.45, 7) is 13.5. The fourth-order valence-electron chi connectivity index (χ4n) is 3.72. The van der Waals surface area contributed by atoms with Gasteiger partial charge in [-0.15, -0.1) is 0 Å². The van der Waals surface area contributed by atoms with E-state index in [2.05, 4.69) is 39.8 Å². The van der Waals surface area contributed by atoms with Gasteiger partial charge in [-0.1, -0.05) is 27.7 Å². The fourth-order valence-corrected chi connectivity index (χ4v) is 3.72. The number of ether oxygens (including phenoxy) is 4. The van der Waals surface area contributed by atoms with Gasteiger partial charge in [0.05, 0.1) is 50.5 Å². The molecule has 4 heteroatoms. The highest BCUT2D eigenvalue weighted by Crippen LogP contribution is 2.37. The van der Waals surface area contributed by atoms with Crippen LogP contribution in [0.15, 0.2) is 12.1 Å². The molecule has 0 aromatic heterocycles. The minimum absolute atomic E-state index is 0.199. The van der Waals surface area contributed by atoms with E-state index in [0.29, 0.717) is 0 Å². The van der Waals surface area contributed by atoms with E-state index in [-0.39, 0.29) is 10.8 Å². The van der Waals surface area contributed by atoms with Crippen molar-refractivity contribution < 1.29 is 18.9 Å². The highest BCUT2D eigenvalue weighted by atomic mass is 16.5. The first-order valence-corrected chi connectivity index (χ1v) is 10.2. The van der Waals surface area contributed by atoms with Crippen LogP contribution in [0.2, 0.25) is 0 Å². The van der Waals surface area contributed by atoms with Crippen molar-refractivity contribution >= 4 is 0 Å². The number of benzene rings is 1. The minimum Gasteiger partial charge on any atom is -0.493 e. The van der Waals surface area contributed by atoms with Crippen molar-refractivity contribution in [1.82, 2.24) is 0 Å². The summed E-state index contributed by atoms with van der Waals surface area (Å²) >= 11 is 0. The van der Waals surface area contributed by atoms with Crippen LogP contribution in [0.3, 0.4) is 0 Å². The molecule has 2 aliphatic heterocycles. The molecule has 2 fully saturated rings. The molecule has 0 bridgehead atoms. The summed E-state index contributed by atoms with van der Waals surface area (Å²) < 4.78 is 23.4. The molecule has 4 nitrogen and oxygen atoms in total. The Morgan fingerprint density at radius 1 is 0.731 bits per heavy atom. The number of hydrogen-bond donors (Lipinski definition) is 0. The van der Waals surface area contributed by atoms with Crippen molar-refractivity contribution in [3.05, 3.63) is 23.3 Å². The standard InChI is InChI=1S/C22H34O4/c1-5-17-18(6-2)20(26-16-22(8-4)13-24-14-22)10-9-19(17)25-15-21(7-3)11-23-12-21/h9-10H,5-8,11-16H2,1-4H3. The van der Waals surface area contributed by atoms with Gasteiger partial charge in [0, 0.05) is 11.1 Å². The number of rotatable bonds is 10. The van der Waals surface area contributed by atoms with Gasteiger partial charge in [0.15, 0.2) is 0 Å². The molecule has 2 saturated heterocycles. The van der Waals surface area contributed by atoms with Crippen LogP contribution in [0.4, 0.5) is 0 Å². The van der Waals surface area contributed by atoms with Crippen molar-refractivity contribution in [2.24, 2.45) is 10.8 Å². The first kappa shape index (κ1) is 19.5. The van der Waals surface area contributed by atoms with Gasteiger partial charge >= 0.3 is 0 Å². The van der Waals surface area contributed by atoms with E-state index in [4.69, 9.17) is 18.9 Å². The molecule has 2 heterocycles. The van der Waals surface area contributed by atoms with Crippen molar-refractivity contribution in [2.75, 3.05) is 39.6 Å². The van der Waals surface area contributed by atoms with E-state index in [1.54, 1.807) is 0 Å². The lowest BCUT2D eigenvalue weighted by Crippen LogP contribution is -2.46. The van der Waals surface area contributed by atoms with E-state index in [9.17, 15) is 0 Å². The first-order valence-electron chi connectivity index (χ1n) is 10.2. The van der Waals surface area contributed by atoms with Gasteiger partial charge in [-0.3, -0.25) is 0 Å². The molecule has 0 atom stereocenters. The molecule has 0 spiro atoms. The topological polar surface area (TPSA) is 36.9 Å². The Labute approximate surface area is 158 Å². The summed E-state index contributed by atoms with van der Waals surface area (Å²) in [5.74, 6) is 2.02. The van der Waals surface area contributed by atoms with E-state index in [1.807, 2.05) is 0 Å². The lowest BCUT2D eigenvalue weighted by molar-refractivity contribution is -0.134. The average Bonchev–Trinajstić information content (AvgIpc) is 2.60. The van der Waals surface area contributed by atoms with Gasteiger partial charge in [-0.25, -0.2) is 0 Å². The molecule has 2 aliphatic rings. The molecule has 0 N–H and O–H groups in total. The summed E-state index contributed by atoms with van der Waals surface area (Å²) in [6.07, 6.45) is 4.09. The molecule has 26 heavy (non-hydrogen) atoms. The highest BCUT2D eigenvalue weighted by Gasteiger charge is 2.39. The zero-order valence-corrected chi connectivity index (χ0v) is 16.9. The molecule has 0 radical (unpaired) electrons. The van der Waals surface area contributed by atoms with Gasteiger partial charge in [0.1, 0.15) is 11.5 Å². The van der Waals surface area contributed by atoms with Gasteiger partial charge < -0.3 is 18.9 Å². The summed E-state index contributed by atoms with van der Waals surface area (Å²) in [6, 6.07) is 4.18. The van der Waals surface area contributed by atoms with Crippen LogP contribution in [0, 0.1) is 10.8 Å². The predicted molar refractivity (Wildman–Crippen MR) is 103 cm³/mol. The zero-order valence-electron chi connectivity index (χ0n) is 16.9. The van der Waals surface area contributed by atoms with E-state index >= 15 is 0 Å². The third-order valence-corrected chi connectivity index (χ3v) is 6.25. The first-order chi connectivity index (χ1) is 12.6. The molecular weight excluding hydrogens is 328 g/mol. The predicted octanol–water partition coefficient (Wildman–Crippen LogP) is 4.42. The van der Waals surface area contributed by atoms with Crippen molar-refractivity contribution in [1.29, 1.82) is 0 Å². The normalized spacial score (nSPS) is 20.2. The van der Waals surface area contributed by atoms with E-state index in [1.165, 1.54) is 11.1 Å². The molecular formula is C22H34O4. The fraction of sp³-hybridized carbons (Fsp3) is 0.727. The maximum atomic E-state index is 6.27. The summed E-state index contributed by atoms with van der Waals surface area (Å²) in [7, 11) is 0. The highest BCUT2D eigenvalue weighted by molar-refractivity contribution is 5.49. The molecule has 1 aromatic carbocycles. The van der Waals surface area contributed by atoms with Gasteiger partial charge in [-0.2, -0.15) is 0 Å². The van der Waals surface area contributed by atoms with Crippen molar-refractivity contribution in [3.63, 3.8) is 0 Å². The molecule has 0 saturated carbocycles. The van der Waals surface area contributed by atoms with Gasteiger partial charge in [0.2, 0.25) is 0 Å². The molecule has 0 amide bonds. The van der Waals surface area contributed by atoms with Crippen LogP contribution in [0.5, 0.6) is 11.5 Å². The largest absolute Gasteiger partial charge is 0.493 e. The Morgan fingerprint density at radius 3 is 1.35 bits per heavy atom. The van der Waals surface area contributed by atoms with E-state index in [0.717, 1.165) is 76.8 Å². The summed E-state index contributed by atoms with van der Waals surface area (Å²) in [4.78, 5) is 0. The summed E-state index contributed by atoms with van der Waals surface area (Å²) in [5.41, 5.74) is 2.97. The van der Waals surface area contributed by atoms with Crippen molar-refractivity contribution in [2.45, 2.75) is 53.4 Å². The smallest absolute Gasteiger partial charge is 0.123 e. The lowest BCUT2D eigenvalue weighted by atomic mass is 9.84. The Hall–Kier alpha value is -1.26. The second-order valence-corrected chi connectivity index (χ2v) is 8.00. The van der Waals surface area contributed by atoms with Crippen LogP contribution in [0.25, 0.3) is 0 Å². The Morgan fingerprint density at radius 2 is 1.12 bits per heavy atom. The Kier molecular flexibility index (Phi) is 6.13. The molecule has 146 valence electrons. The van der Waals surface area contributed by atoms with Gasteiger partial charge in [0.25, 0.3) is 0 Å². The van der Waals surface area contributed by atoms with Gasteiger partial charge in [-0.05, 0) is 37.8 Å². The van der Waals surface area contributed by atoms with E-state index < -0.39 is 0 Å². The molecule has 0 aliphatic carbocycles. The summed E-state index contributed by atoms with van der Waals surface area (Å²) in [5, 5.41) is 0. The monoisotopic (exact) mass is 362 g/mol. The van der Waals surface area contributed by atoms with Crippen LogP contribution in [-0.2, 0) is 22.3 Å². The Bertz CT molecular complexity index is 538.